The Morgan fingerprint density at radius 3 is 2.75 bits per heavy atom. The number of alkyl halides is 3. The van der Waals surface area contributed by atoms with Gasteiger partial charge in [-0.15, -0.1) is 5.10 Å². The van der Waals surface area contributed by atoms with Gasteiger partial charge in [-0.2, -0.15) is 22.7 Å². The molecule has 4 rings (SSSR count). The minimum atomic E-state index is -4.62. The first kappa shape index (κ1) is 14.5. The van der Waals surface area contributed by atoms with Crippen molar-refractivity contribution in [2.24, 2.45) is 0 Å². The van der Waals surface area contributed by atoms with Gasteiger partial charge >= 0.3 is 6.18 Å². The number of rotatable bonds is 2. The molecule has 0 aliphatic heterocycles. The number of aromatic amines is 1. The van der Waals surface area contributed by atoms with E-state index in [9.17, 15) is 13.2 Å². The van der Waals surface area contributed by atoms with Crippen LogP contribution < -0.4 is 5.32 Å². The van der Waals surface area contributed by atoms with Gasteiger partial charge in [0.15, 0.2) is 0 Å². The van der Waals surface area contributed by atoms with Gasteiger partial charge in [0.1, 0.15) is 5.82 Å². The Labute approximate surface area is 133 Å². The summed E-state index contributed by atoms with van der Waals surface area (Å²) in [6.45, 7) is 1.68. The molecule has 3 aromatic heterocycles. The van der Waals surface area contributed by atoms with Crippen molar-refractivity contribution >= 4 is 28.2 Å². The van der Waals surface area contributed by atoms with Gasteiger partial charge in [-0.1, -0.05) is 0 Å². The molecule has 0 aliphatic rings. The highest BCUT2D eigenvalue weighted by Gasteiger charge is 2.36. The minimum absolute atomic E-state index is 0.104. The van der Waals surface area contributed by atoms with E-state index in [0.717, 1.165) is 21.1 Å². The molecular formula is C15H11F3N6. The number of nitrogens with zero attached hydrogens (tertiary/aromatic N) is 4. The highest BCUT2D eigenvalue weighted by atomic mass is 19.4. The van der Waals surface area contributed by atoms with E-state index < -0.39 is 12.0 Å². The normalized spacial score (nSPS) is 12.2. The highest BCUT2D eigenvalue weighted by molar-refractivity contribution is 5.83. The molecule has 0 saturated carbocycles. The zero-order valence-corrected chi connectivity index (χ0v) is 12.4. The molecule has 0 atom stereocenters. The molecule has 1 aromatic carbocycles. The average Bonchev–Trinajstić information content (AvgIpc) is 3.12. The van der Waals surface area contributed by atoms with E-state index in [2.05, 4.69) is 25.4 Å². The second-order valence-electron chi connectivity index (χ2n) is 5.33. The van der Waals surface area contributed by atoms with Crippen molar-refractivity contribution < 1.29 is 13.2 Å². The van der Waals surface area contributed by atoms with Crippen LogP contribution in [-0.4, -0.2) is 24.6 Å². The second kappa shape index (κ2) is 4.95. The lowest BCUT2D eigenvalue weighted by Crippen LogP contribution is -2.08. The highest BCUT2D eigenvalue weighted by Crippen LogP contribution is 2.28. The number of anilines is 2. The summed E-state index contributed by atoms with van der Waals surface area (Å²) in [7, 11) is 0. The van der Waals surface area contributed by atoms with Crippen molar-refractivity contribution in [3.63, 3.8) is 0 Å². The van der Waals surface area contributed by atoms with Gasteiger partial charge in [0.05, 0.1) is 0 Å². The fourth-order valence-corrected chi connectivity index (χ4v) is 2.47. The number of aromatic nitrogens is 5. The van der Waals surface area contributed by atoms with Crippen molar-refractivity contribution in [1.82, 2.24) is 24.6 Å². The van der Waals surface area contributed by atoms with Gasteiger partial charge in [-0.25, -0.2) is 4.98 Å². The number of nitrogens with one attached hydrogen (secondary N) is 2. The van der Waals surface area contributed by atoms with E-state index in [0.29, 0.717) is 11.5 Å². The Morgan fingerprint density at radius 2 is 1.96 bits per heavy atom. The Balaban J connectivity index is 1.81. The number of aryl methyl sites for hydroxylation is 1. The predicted molar refractivity (Wildman–Crippen MR) is 82.1 cm³/mol. The molecule has 0 bridgehead atoms. The molecule has 122 valence electrons. The third-order valence-electron chi connectivity index (χ3n) is 3.52. The van der Waals surface area contributed by atoms with Crippen molar-refractivity contribution in [2.75, 3.05) is 5.32 Å². The summed E-state index contributed by atoms with van der Waals surface area (Å²) in [6.07, 6.45) is -2.81. The van der Waals surface area contributed by atoms with Crippen LogP contribution in [0.25, 0.3) is 16.7 Å². The molecule has 3 heterocycles. The molecule has 0 unspecified atom stereocenters. The zero-order valence-electron chi connectivity index (χ0n) is 12.4. The number of fused-ring (bicyclic) bond motifs is 2. The summed E-state index contributed by atoms with van der Waals surface area (Å²) in [4.78, 5) is 10.5. The van der Waals surface area contributed by atoms with E-state index in [1.165, 1.54) is 0 Å². The first-order valence-corrected chi connectivity index (χ1v) is 7.06. The standard InChI is InChI=1S/C15H11F3N6/c1-8-6-12(21-10-2-3-11-9(7-10)4-5-19-11)24-14(20-8)22-13(23-24)15(16,17)18/h2-7,19,21H,1H3. The van der Waals surface area contributed by atoms with E-state index >= 15 is 0 Å². The smallest absolute Gasteiger partial charge is 0.361 e. The maximum atomic E-state index is 12.8. The first-order chi connectivity index (χ1) is 11.4. The zero-order chi connectivity index (χ0) is 16.9. The van der Waals surface area contributed by atoms with Crippen LogP contribution in [0.15, 0.2) is 36.5 Å². The average molecular weight is 332 g/mol. The van der Waals surface area contributed by atoms with Crippen LogP contribution in [0.4, 0.5) is 24.7 Å². The Kier molecular flexibility index (Phi) is 2.99. The molecular weight excluding hydrogens is 321 g/mol. The topological polar surface area (TPSA) is 70.9 Å². The number of hydrogen-bond acceptors (Lipinski definition) is 4. The summed E-state index contributed by atoms with van der Waals surface area (Å²) in [5, 5.41) is 7.58. The molecule has 24 heavy (non-hydrogen) atoms. The van der Waals surface area contributed by atoms with E-state index in [-0.39, 0.29) is 5.78 Å². The maximum absolute atomic E-state index is 12.8. The molecule has 9 heteroatoms. The fourth-order valence-electron chi connectivity index (χ4n) is 2.47. The van der Waals surface area contributed by atoms with Crippen LogP contribution in [0.5, 0.6) is 0 Å². The first-order valence-electron chi connectivity index (χ1n) is 7.06. The quantitative estimate of drug-likeness (QED) is 0.587. The number of hydrogen-bond donors (Lipinski definition) is 2. The molecule has 6 nitrogen and oxygen atoms in total. The molecule has 0 fully saturated rings. The number of benzene rings is 1. The monoisotopic (exact) mass is 332 g/mol. The van der Waals surface area contributed by atoms with Crippen molar-refractivity contribution in [2.45, 2.75) is 13.1 Å². The third-order valence-corrected chi connectivity index (χ3v) is 3.52. The van der Waals surface area contributed by atoms with Gasteiger partial charge in [-0.05, 0) is 31.2 Å². The second-order valence-corrected chi connectivity index (χ2v) is 5.33. The summed E-state index contributed by atoms with van der Waals surface area (Å²) in [5.41, 5.74) is 2.23. The molecule has 0 aliphatic carbocycles. The molecule has 0 amide bonds. The molecule has 2 N–H and O–H groups in total. The predicted octanol–water partition coefficient (Wildman–Crippen LogP) is 3.68. The SMILES string of the molecule is Cc1cc(Nc2ccc3[nH]ccc3c2)n2nc(C(F)(F)F)nc2n1. The van der Waals surface area contributed by atoms with E-state index in [4.69, 9.17) is 0 Å². The summed E-state index contributed by atoms with van der Waals surface area (Å²) >= 11 is 0. The van der Waals surface area contributed by atoms with Crippen molar-refractivity contribution in [3.05, 3.63) is 48.0 Å². The maximum Gasteiger partial charge on any atom is 0.453 e. The Bertz CT molecular complexity index is 1050. The number of H-pyrrole nitrogens is 1. The van der Waals surface area contributed by atoms with Crippen LogP contribution in [0.2, 0.25) is 0 Å². The third kappa shape index (κ3) is 2.43. The minimum Gasteiger partial charge on any atom is -0.361 e. The lowest BCUT2D eigenvalue weighted by Gasteiger charge is -2.08. The lowest BCUT2D eigenvalue weighted by atomic mass is 10.2. The van der Waals surface area contributed by atoms with Gasteiger partial charge < -0.3 is 10.3 Å². The van der Waals surface area contributed by atoms with E-state index in [1.54, 1.807) is 13.0 Å². The number of halogens is 3. The van der Waals surface area contributed by atoms with Gasteiger partial charge in [0, 0.05) is 34.5 Å². The van der Waals surface area contributed by atoms with E-state index in [1.807, 2.05) is 30.5 Å². The van der Waals surface area contributed by atoms with Crippen LogP contribution >= 0.6 is 0 Å². The van der Waals surface area contributed by atoms with Crippen LogP contribution in [0.3, 0.4) is 0 Å². The van der Waals surface area contributed by atoms with Gasteiger partial charge in [0.25, 0.3) is 11.6 Å². The van der Waals surface area contributed by atoms with Crippen LogP contribution in [0.1, 0.15) is 11.5 Å². The van der Waals surface area contributed by atoms with Crippen molar-refractivity contribution in [3.8, 4) is 0 Å². The lowest BCUT2D eigenvalue weighted by molar-refractivity contribution is -0.144. The molecule has 0 saturated heterocycles. The Morgan fingerprint density at radius 1 is 1.12 bits per heavy atom. The Hall–Kier alpha value is -3.10. The van der Waals surface area contributed by atoms with Gasteiger partial charge in [-0.3, -0.25) is 0 Å². The largest absolute Gasteiger partial charge is 0.453 e. The van der Waals surface area contributed by atoms with Gasteiger partial charge in [0.2, 0.25) is 0 Å². The molecule has 4 aromatic rings. The fraction of sp³-hybridized carbons (Fsp3) is 0.133. The summed E-state index contributed by atoms with van der Waals surface area (Å²) in [6, 6.07) is 9.11. The van der Waals surface area contributed by atoms with Crippen LogP contribution in [-0.2, 0) is 6.18 Å². The van der Waals surface area contributed by atoms with Crippen LogP contribution in [0, 0.1) is 6.92 Å². The van der Waals surface area contributed by atoms with Crippen molar-refractivity contribution in [1.29, 1.82) is 0 Å². The summed E-state index contributed by atoms with van der Waals surface area (Å²) in [5.74, 6) is -0.965. The summed E-state index contributed by atoms with van der Waals surface area (Å²) < 4.78 is 39.6. The molecule has 0 radical (unpaired) electrons. The molecule has 0 spiro atoms.